The Labute approximate surface area is 245 Å². The van der Waals surface area contributed by atoms with Crippen LogP contribution in [0.25, 0.3) is 0 Å². The Morgan fingerprint density at radius 1 is 1.12 bits per heavy atom. The molecule has 9 atom stereocenters. The normalized spacial score (nSPS) is 41.8. The van der Waals surface area contributed by atoms with Gasteiger partial charge in [0.2, 0.25) is 0 Å². The Balaban J connectivity index is 1.12. The molecule has 2 aliphatic heterocycles. The van der Waals surface area contributed by atoms with Crippen LogP contribution >= 0.6 is 0 Å². The summed E-state index contributed by atoms with van der Waals surface area (Å²) in [4.78, 5) is 27.8. The van der Waals surface area contributed by atoms with Crippen LogP contribution in [0.5, 0.6) is 0 Å². The van der Waals surface area contributed by atoms with E-state index in [4.69, 9.17) is 9.47 Å². The Bertz CT molecular complexity index is 1280. The summed E-state index contributed by atoms with van der Waals surface area (Å²) < 4.78 is 13.0. The summed E-state index contributed by atoms with van der Waals surface area (Å²) in [6.07, 6.45) is 11.4. The van der Waals surface area contributed by atoms with Crippen molar-refractivity contribution in [2.75, 3.05) is 6.54 Å². The maximum atomic E-state index is 13.5. The zero-order valence-electron chi connectivity index (χ0n) is 25.4. The number of ether oxygens (including phenoxy) is 2. The Morgan fingerprint density at radius 3 is 2.73 bits per heavy atom. The van der Waals surface area contributed by atoms with E-state index in [9.17, 15) is 9.59 Å². The first-order valence-electron chi connectivity index (χ1n) is 16.3. The summed E-state index contributed by atoms with van der Waals surface area (Å²) in [5.41, 5.74) is 5.68. The molecule has 7 rings (SSSR count). The minimum Gasteiger partial charge on any atom is -0.445 e. The van der Waals surface area contributed by atoms with Gasteiger partial charge in [0.05, 0.1) is 17.7 Å². The van der Waals surface area contributed by atoms with Gasteiger partial charge in [0.25, 0.3) is 0 Å². The second kappa shape index (κ2) is 10.1. The predicted octanol–water partition coefficient (Wildman–Crippen LogP) is 7.65. The number of allylic oxidation sites excluding steroid dienone is 3. The van der Waals surface area contributed by atoms with Gasteiger partial charge in [-0.3, -0.25) is 4.79 Å². The van der Waals surface area contributed by atoms with E-state index in [2.05, 4.69) is 27.7 Å². The molecule has 0 N–H and O–H groups in total. The second-order valence-electron chi connectivity index (χ2n) is 14.7. The summed E-state index contributed by atoms with van der Waals surface area (Å²) in [6.45, 7) is 10.5. The van der Waals surface area contributed by atoms with E-state index in [-0.39, 0.29) is 35.2 Å². The predicted molar refractivity (Wildman–Crippen MR) is 159 cm³/mol. The van der Waals surface area contributed by atoms with E-state index in [1.54, 1.807) is 11.1 Å². The first-order chi connectivity index (χ1) is 19.7. The monoisotopic (exact) mass is 557 g/mol. The quantitative estimate of drug-likeness (QED) is 0.351. The standard InChI is InChI=1S/C36H47NO4/c1-22-16-32-33(37(20-22)34(39)40-21-25-8-6-5-7-9-25)24(3)36(41-32)15-13-28-29-11-10-26-17-27(38)12-14-35(26,4)31(29)18-30(28)23(2)19-36/h5-9,17,22,24,28-29,31-33H,10-16,18-21H2,1-4H3/t22-,24+,28-,29?,31-,32+,33-,35-,36-/m0/s1. The molecule has 41 heavy (non-hydrogen) atoms. The highest BCUT2D eigenvalue weighted by Crippen LogP contribution is 2.64. The molecule has 2 saturated carbocycles. The Kier molecular flexibility index (Phi) is 6.76. The highest BCUT2D eigenvalue weighted by atomic mass is 16.6. The SMILES string of the molecule is CC1=C2C[C@H]3C(CCC4=CC(=O)CC[C@@]43C)[C@@H]2CC[C@@]2(C1)O[C@@H]1C[C@H](C)CN(C(=O)OCc3ccccc3)[C@H]1[C@H]2C. The van der Waals surface area contributed by atoms with Crippen molar-refractivity contribution in [2.45, 2.75) is 110 Å². The molecular weight excluding hydrogens is 510 g/mol. The lowest BCUT2D eigenvalue weighted by Crippen LogP contribution is -2.54. The molecule has 0 bridgehead atoms. The summed E-state index contributed by atoms with van der Waals surface area (Å²) in [5, 5.41) is 0. The highest BCUT2D eigenvalue weighted by molar-refractivity contribution is 5.91. The highest BCUT2D eigenvalue weighted by Gasteiger charge is 2.60. The van der Waals surface area contributed by atoms with E-state index < -0.39 is 0 Å². The molecular formula is C36H47NO4. The molecule has 220 valence electrons. The van der Waals surface area contributed by atoms with Crippen LogP contribution in [-0.2, 0) is 20.9 Å². The van der Waals surface area contributed by atoms with Crippen molar-refractivity contribution in [1.82, 2.24) is 4.90 Å². The van der Waals surface area contributed by atoms with Crippen molar-refractivity contribution in [2.24, 2.45) is 35.0 Å². The van der Waals surface area contributed by atoms with Crippen molar-refractivity contribution < 1.29 is 19.1 Å². The fourth-order valence-corrected chi connectivity index (χ4v) is 10.4. The first-order valence-corrected chi connectivity index (χ1v) is 16.3. The fraction of sp³-hybridized carbons (Fsp3) is 0.667. The van der Waals surface area contributed by atoms with Gasteiger partial charge in [0.1, 0.15) is 6.61 Å². The molecule has 1 aromatic rings. The number of ketones is 1. The van der Waals surface area contributed by atoms with Crippen molar-refractivity contribution in [1.29, 1.82) is 0 Å². The number of nitrogens with zero attached hydrogens (tertiary/aromatic N) is 1. The van der Waals surface area contributed by atoms with Crippen LogP contribution in [-0.4, -0.2) is 41.1 Å². The van der Waals surface area contributed by atoms with Crippen LogP contribution in [0.2, 0.25) is 0 Å². The smallest absolute Gasteiger partial charge is 0.410 e. The van der Waals surface area contributed by atoms with Crippen molar-refractivity contribution in [3.8, 4) is 0 Å². The van der Waals surface area contributed by atoms with E-state index in [0.717, 1.165) is 44.2 Å². The number of benzene rings is 1. The summed E-state index contributed by atoms with van der Waals surface area (Å²) in [5.74, 6) is 3.01. The average molecular weight is 558 g/mol. The van der Waals surface area contributed by atoms with Crippen LogP contribution in [0, 0.1) is 35.0 Å². The molecule has 0 aromatic heterocycles. The number of rotatable bonds is 2. The van der Waals surface area contributed by atoms with Crippen LogP contribution in [0.3, 0.4) is 0 Å². The minimum atomic E-state index is -0.213. The summed E-state index contributed by atoms with van der Waals surface area (Å²) in [7, 11) is 0. The molecule has 1 unspecified atom stereocenters. The van der Waals surface area contributed by atoms with Gasteiger partial charge in [0.15, 0.2) is 5.78 Å². The van der Waals surface area contributed by atoms with Crippen LogP contribution in [0.4, 0.5) is 4.79 Å². The van der Waals surface area contributed by atoms with Gasteiger partial charge in [-0.2, -0.15) is 0 Å². The van der Waals surface area contributed by atoms with Crippen LogP contribution in [0.15, 0.2) is 53.1 Å². The zero-order chi connectivity index (χ0) is 28.5. The van der Waals surface area contributed by atoms with E-state index in [1.807, 2.05) is 41.3 Å². The maximum absolute atomic E-state index is 13.5. The van der Waals surface area contributed by atoms with E-state index in [1.165, 1.54) is 24.8 Å². The lowest BCUT2D eigenvalue weighted by Gasteiger charge is -2.48. The van der Waals surface area contributed by atoms with Gasteiger partial charge in [-0.25, -0.2) is 4.79 Å². The molecule has 1 amide bonds. The van der Waals surface area contributed by atoms with Crippen LogP contribution < -0.4 is 0 Å². The largest absolute Gasteiger partial charge is 0.445 e. The van der Waals surface area contributed by atoms with Gasteiger partial charge in [0, 0.05) is 18.9 Å². The van der Waals surface area contributed by atoms with Crippen molar-refractivity contribution in [3.05, 3.63) is 58.7 Å². The zero-order valence-corrected chi connectivity index (χ0v) is 25.4. The topological polar surface area (TPSA) is 55.8 Å². The van der Waals surface area contributed by atoms with E-state index in [0.29, 0.717) is 42.5 Å². The van der Waals surface area contributed by atoms with E-state index >= 15 is 0 Å². The number of amides is 1. The maximum Gasteiger partial charge on any atom is 0.410 e. The first kappa shape index (κ1) is 27.4. The third-order valence-corrected chi connectivity index (χ3v) is 12.5. The molecule has 2 saturated heterocycles. The van der Waals surface area contributed by atoms with Crippen molar-refractivity contribution in [3.63, 3.8) is 0 Å². The molecule has 1 spiro atoms. The second-order valence-corrected chi connectivity index (χ2v) is 14.7. The van der Waals surface area contributed by atoms with Gasteiger partial charge in [-0.1, -0.05) is 67.8 Å². The summed E-state index contributed by atoms with van der Waals surface area (Å²) >= 11 is 0. The number of carbonyl (C=O) groups excluding carboxylic acids is 2. The molecule has 0 radical (unpaired) electrons. The average Bonchev–Trinajstić information content (AvgIpc) is 3.42. The molecule has 5 heteroatoms. The Hall–Kier alpha value is -2.40. The Morgan fingerprint density at radius 2 is 1.93 bits per heavy atom. The van der Waals surface area contributed by atoms with Gasteiger partial charge in [-0.05, 0) is 99.0 Å². The molecule has 4 fully saturated rings. The number of hydrogen-bond donors (Lipinski definition) is 0. The van der Waals surface area contributed by atoms with Gasteiger partial charge < -0.3 is 14.4 Å². The fourth-order valence-electron chi connectivity index (χ4n) is 10.4. The molecule has 6 aliphatic rings. The van der Waals surface area contributed by atoms with Crippen LogP contribution in [0.1, 0.15) is 91.0 Å². The summed E-state index contributed by atoms with van der Waals surface area (Å²) in [6, 6.07) is 10.0. The third kappa shape index (κ3) is 4.44. The number of fused-ring (bicyclic) bond motifs is 6. The third-order valence-electron chi connectivity index (χ3n) is 12.5. The lowest BCUT2D eigenvalue weighted by atomic mass is 9.56. The molecule has 5 nitrogen and oxygen atoms in total. The lowest BCUT2D eigenvalue weighted by molar-refractivity contribution is -0.116. The number of piperidine rings is 1. The van der Waals surface area contributed by atoms with Gasteiger partial charge >= 0.3 is 6.09 Å². The van der Waals surface area contributed by atoms with Crippen molar-refractivity contribution >= 4 is 11.9 Å². The number of hydrogen-bond acceptors (Lipinski definition) is 4. The minimum absolute atomic E-state index is 0.0685. The molecule has 2 heterocycles. The van der Waals surface area contributed by atoms with Gasteiger partial charge in [-0.15, -0.1) is 0 Å². The molecule has 1 aromatic carbocycles. The number of likely N-dealkylation sites (tertiary alicyclic amines) is 1. The molecule has 4 aliphatic carbocycles. The number of carbonyl (C=O) groups is 2.